The van der Waals surface area contributed by atoms with E-state index in [9.17, 15) is 13.9 Å². The Labute approximate surface area is 103 Å². The quantitative estimate of drug-likeness (QED) is 0.911. The Bertz CT molecular complexity index is 560. The van der Waals surface area contributed by atoms with Crippen molar-refractivity contribution in [3.8, 4) is 5.88 Å². The SMILES string of the molecule is COc1ncccc1C(O)c1ccc(F)c(F)c1. The second-order valence-electron chi connectivity index (χ2n) is 3.68. The standard InChI is InChI=1S/C13H11F2NO2/c1-18-13-9(3-2-6-16-13)12(17)8-4-5-10(14)11(15)7-8/h2-7,12,17H,1H3. The van der Waals surface area contributed by atoms with Gasteiger partial charge in [-0.1, -0.05) is 6.07 Å². The summed E-state index contributed by atoms with van der Waals surface area (Å²) in [6.45, 7) is 0. The van der Waals surface area contributed by atoms with Crippen LogP contribution in [-0.2, 0) is 0 Å². The van der Waals surface area contributed by atoms with Crippen LogP contribution in [0.3, 0.4) is 0 Å². The Hall–Kier alpha value is -2.01. The summed E-state index contributed by atoms with van der Waals surface area (Å²) in [5.41, 5.74) is 0.631. The van der Waals surface area contributed by atoms with Gasteiger partial charge in [-0.2, -0.15) is 0 Å². The van der Waals surface area contributed by atoms with E-state index in [0.29, 0.717) is 5.56 Å². The van der Waals surface area contributed by atoms with E-state index in [0.717, 1.165) is 12.1 Å². The molecule has 0 fully saturated rings. The first-order valence-corrected chi connectivity index (χ1v) is 5.25. The smallest absolute Gasteiger partial charge is 0.219 e. The lowest BCUT2D eigenvalue weighted by molar-refractivity contribution is 0.212. The van der Waals surface area contributed by atoms with Gasteiger partial charge in [0.1, 0.15) is 6.10 Å². The van der Waals surface area contributed by atoms with E-state index in [2.05, 4.69) is 4.98 Å². The molecule has 2 rings (SSSR count). The van der Waals surface area contributed by atoms with Gasteiger partial charge < -0.3 is 9.84 Å². The molecule has 1 unspecified atom stereocenters. The molecule has 5 heteroatoms. The van der Waals surface area contributed by atoms with Crippen LogP contribution in [0.25, 0.3) is 0 Å². The van der Waals surface area contributed by atoms with Crippen molar-refractivity contribution in [1.82, 2.24) is 4.98 Å². The maximum absolute atomic E-state index is 13.1. The van der Waals surface area contributed by atoms with E-state index in [-0.39, 0.29) is 11.4 Å². The predicted molar refractivity (Wildman–Crippen MR) is 61.2 cm³/mol. The summed E-state index contributed by atoms with van der Waals surface area (Å²) in [4.78, 5) is 3.93. The number of hydrogen-bond acceptors (Lipinski definition) is 3. The van der Waals surface area contributed by atoms with Crippen molar-refractivity contribution in [2.24, 2.45) is 0 Å². The molecule has 94 valence electrons. The predicted octanol–water partition coefficient (Wildman–Crippen LogP) is 2.45. The topological polar surface area (TPSA) is 42.4 Å². The zero-order valence-electron chi connectivity index (χ0n) is 9.60. The highest BCUT2D eigenvalue weighted by atomic mass is 19.2. The minimum absolute atomic E-state index is 0.236. The van der Waals surface area contributed by atoms with Gasteiger partial charge in [0.15, 0.2) is 11.6 Å². The summed E-state index contributed by atoms with van der Waals surface area (Å²) in [7, 11) is 1.42. The van der Waals surface area contributed by atoms with Gasteiger partial charge >= 0.3 is 0 Å². The molecule has 3 nitrogen and oxygen atoms in total. The van der Waals surface area contributed by atoms with Gasteiger partial charge in [-0.3, -0.25) is 0 Å². The molecule has 18 heavy (non-hydrogen) atoms. The van der Waals surface area contributed by atoms with E-state index >= 15 is 0 Å². The molecule has 1 heterocycles. The Morgan fingerprint density at radius 3 is 2.67 bits per heavy atom. The third-order valence-corrected chi connectivity index (χ3v) is 2.55. The van der Waals surface area contributed by atoms with Crippen LogP contribution in [0.2, 0.25) is 0 Å². The Morgan fingerprint density at radius 1 is 1.22 bits per heavy atom. The van der Waals surface area contributed by atoms with Crippen molar-refractivity contribution in [3.63, 3.8) is 0 Å². The number of aromatic nitrogens is 1. The molecule has 0 amide bonds. The number of nitrogens with zero attached hydrogens (tertiary/aromatic N) is 1. The summed E-state index contributed by atoms with van der Waals surface area (Å²) in [6, 6.07) is 6.47. The lowest BCUT2D eigenvalue weighted by Gasteiger charge is -2.14. The largest absolute Gasteiger partial charge is 0.481 e. The normalized spacial score (nSPS) is 12.2. The molecular formula is C13H11F2NO2. The molecule has 0 radical (unpaired) electrons. The number of pyridine rings is 1. The second-order valence-corrected chi connectivity index (χ2v) is 3.68. The zero-order valence-corrected chi connectivity index (χ0v) is 9.60. The summed E-state index contributed by atoms with van der Waals surface area (Å²) >= 11 is 0. The van der Waals surface area contributed by atoms with Crippen molar-refractivity contribution in [2.45, 2.75) is 6.10 Å². The minimum atomic E-state index is -1.12. The Kier molecular flexibility index (Phi) is 3.53. The first kappa shape index (κ1) is 12.4. The fraction of sp³-hybridized carbons (Fsp3) is 0.154. The number of benzene rings is 1. The number of rotatable bonds is 3. The van der Waals surface area contributed by atoms with E-state index in [1.807, 2.05) is 0 Å². The van der Waals surface area contributed by atoms with E-state index < -0.39 is 17.7 Å². The van der Waals surface area contributed by atoms with E-state index in [4.69, 9.17) is 4.74 Å². The summed E-state index contributed by atoms with van der Waals surface area (Å²) in [5.74, 6) is -1.71. The van der Waals surface area contributed by atoms with Crippen LogP contribution in [-0.4, -0.2) is 17.2 Å². The second kappa shape index (κ2) is 5.10. The third kappa shape index (κ3) is 2.31. The molecular weight excluding hydrogens is 240 g/mol. The van der Waals surface area contributed by atoms with E-state index in [1.54, 1.807) is 12.1 Å². The third-order valence-electron chi connectivity index (χ3n) is 2.55. The lowest BCUT2D eigenvalue weighted by Crippen LogP contribution is -2.04. The van der Waals surface area contributed by atoms with Crippen molar-refractivity contribution >= 4 is 0 Å². The molecule has 2 aromatic rings. The van der Waals surface area contributed by atoms with Gasteiger partial charge in [-0.05, 0) is 29.8 Å². The number of halogens is 2. The van der Waals surface area contributed by atoms with Crippen LogP contribution in [0.15, 0.2) is 36.5 Å². The number of hydrogen-bond donors (Lipinski definition) is 1. The molecule has 0 saturated heterocycles. The van der Waals surface area contributed by atoms with Gasteiger partial charge in [0, 0.05) is 11.8 Å². The average molecular weight is 251 g/mol. The number of aliphatic hydroxyl groups is 1. The number of aliphatic hydroxyl groups excluding tert-OH is 1. The van der Waals surface area contributed by atoms with Crippen LogP contribution >= 0.6 is 0 Å². The molecule has 0 aliphatic heterocycles. The van der Waals surface area contributed by atoms with Crippen molar-refractivity contribution in [1.29, 1.82) is 0 Å². The van der Waals surface area contributed by atoms with Crippen LogP contribution in [0.1, 0.15) is 17.2 Å². The van der Waals surface area contributed by atoms with Gasteiger partial charge in [0.05, 0.1) is 7.11 Å². The lowest BCUT2D eigenvalue weighted by atomic mass is 10.0. The molecule has 1 atom stereocenters. The van der Waals surface area contributed by atoms with Gasteiger partial charge in [0.25, 0.3) is 0 Å². The Balaban J connectivity index is 2.41. The summed E-state index contributed by atoms with van der Waals surface area (Å²) in [6.07, 6.45) is 0.393. The van der Waals surface area contributed by atoms with Crippen LogP contribution in [0.4, 0.5) is 8.78 Å². The van der Waals surface area contributed by atoms with Crippen molar-refractivity contribution in [3.05, 3.63) is 59.3 Å². The van der Waals surface area contributed by atoms with Gasteiger partial charge in [-0.25, -0.2) is 13.8 Å². The summed E-state index contributed by atoms with van der Waals surface area (Å²) < 4.78 is 30.9. The molecule has 1 aromatic heterocycles. The molecule has 0 aliphatic rings. The van der Waals surface area contributed by atoms with Crippen molar-refractivity contribution in [2.75, 3.05) is 7.11 Å². The van der Waals surface area contributed by atoms with Crippen LogP contribution in [0, 0.1) is 11.6 Å². The zero-order chi connectivity index (χ0) is 13.1. The van der Waals surface area contributed by atoms with Crippen molar-refractivity contribution < 1.29 is 18.6 Å². The van der Waals surface area contributed by atoms with Gasteiger partial charge in [0.2, 0.25) is 5.88 Å². The first-order valence-electron chi connectivity index (χ1n) is 5.25. The monoisotopic (exact) mass is 251 g/mol. The highest BCUT2D eigenvalue weighted by molar-refractivity contribution is 5.35. The number of ether oxygens (including phenoxy) is 1. The molecule has 0 aliphatic carbocycles. The van der Waals surface area contributed by atoms with E-state index in [1.165, 1.54) is 19.4 Å². The molecule has 0 spiro atoms. The average Bonchev–Trinajstić information content (AvgIpc) is 2.41. The van der Waals surface area contributed by atoms with Crippen LogP contribution < -0.4 is 4.74 Å². The molecule has 1 aromatic carbocycles. The molecule has 0 bridgehead atoms. The fourth-order valence-electron chi connectivity index (χ4n) is 1.64. The maximum Gasteiger partial charge on any atom is 0.219 e. The number of methoxy groups -OCH3 is 1. The maximum atomic E-state index is 13.1. The Morgan fingerprint density at radius 2 is 2.00 bits per heavy atom. The molecule has 1 N–H and O–H groups in total. The summed E-state index contributed by atoms with van der Waals surface area (Å²) in [5, 5.41) is 10.1. The molecule has 0 saturated carbocycles. The van der Waals surface area contributed by atoms with Gasteiger partial charge in [-0.15, -0.1) is 0 Å². The minimum Gasteiger partial charge on any atom is -0.481 e. The highest BCUT2D eigenvalue weighted by Crippen LogP contribution is 2.28. The first-order chi connectivity index (χ1) is 8.63. The fourth-order valence-corrected chi connectivity index (χ4v) is 1.64. The van der Waals surface area contributed by atoms with Crippen LogP contribution in [0.5, 0.6) is 5.88 Å². The highest BCUT2D eigenvalue weighted by Gasteiger charge is 2.17.